The molecule has 0 fully saturated rings. The van der Waals surface area contributed by atoms with Gasteiger partial charge in [0.15, 0.2) is 0 Å². The number of hydrogen-bond donors (Lipinski definition) is 1. The van der Waals surface area contributed by atoms with Crippen molar-refractivity contribution in [3.8, 4) is 0 Å². The van der Waals surface area contributed by atoms with Crippen LogP contribution in [0.5, 0.6) is 0 Å². The fourth-order valence-electron chi connectivity index (χ4n) is 1.52. The molecule has 0 aliphatic carbocycles. The van der Waals surface area contributed by atoms with Gasteiger partial charge in [0, 0.05) is 18.7 Å². The Labute approximate surface area is 111 Å². The average Bonchev–Trinajstić information content (AvgIpc) is 2.32. The van der Waals surface area contributed by atoms with Crippen molar-refractivity contribution in [1.29, 1.82) is 0 Å². The Hall–Kier alpha value is -1.75. The van der Waals surface area contributed by atoms with Gasteiger partial charge in [0.25, 0.3) is 0 Å². The van der Waals surface area contributed by atoms with E-state index < -0.39 is 11.6 Å². The largest absolute Gasteiger partial charge is 0.463 e. The zero-order valence-corrected chi connectivity index (χ0v) is 10.8. The summed E-state index contributed by atoms with van der Waals surface area (Å²) in [7, 11) is 0. The van der Waals surface area contributed by atoms with Gasteiger partial charge >= 0.3 is 5.97 Å². The van der Waals surface area contributed by atoms with E-state index in [0.29, 0.717) is 31.7 Å². The predicted octanol–water partition coefficient (Wildman–Crippen LogP) is 2.22. The molecule has 5 heteroatoms. The molecule has 0 radical (unpaired) electrons. The fraction of sp³-hybridized carbons (Fsp3) is 0.357. The molecular formula is C14H17F2NO2. The minimum atomic E-state index is -0.572. The first-order valence-electron chi connectivity index (χ1n) is 6.10. The van der Waals surface area contributed by atoms with Gasteiger partial charge in [0.1, 0.15) is 11.6 Å². The first-order chi connectivity index (χ1) is 9.11. The Morgan fingerprint density at radius 3 is 2.63 bits per heavy atom. The highest BCUT2D eigenvalue weighted by atomic mass is 19.1. The number of hydrogen-bond acceptors (Lipinski definition) is 3. The number of ether oxygens (including phenoxy) is 1. The monoisotopic (exact) mass is 269 g/mol. The molecule has 0 saturated heterocycles. The van der Waals surface area contributed by atoms with Gasteiger partial charge < -0.3 is 10.1 Å². The van der Waals surface area contributed by atoms with Crippen LogP contribution in [0.1, 0.15) is 12.5 Å². The van der Waals surface area contributed by atoms with Gasteiger partial charge in [0.2, 0.25) is 0 Å². The lowest BCUT2D eigenvalue weighted by molar-refractivity contribution is -0.137. The summed E-state index contributed by atoms with van der Waals surface area (Å²) in [5.74, 6) is -1.52. The summed E-state index contributed by atoms with van der Waals surface area (Å²) in [6.45, 7) is 3.15. The molecule has 1 aromatic rings. The van der Waals surface area contributed by atoms with Crippen molar-refractivity contribution in [3.63, 3.8) is 0 Å². The van der Waals surface area contributed by atoms with Crippen molar-refractivity contribution in [1.82, 2.24) is 5.32 Å². The SMILES string of the molecule is CCOC(=O)/C=C/CNCCc1cc(F)cc(F)c1. The molecule has 0 aromatic heterocycles. The van der Waals surface area contributed by atoms with E-state index >= 15 is 0 Å². The van der Waals surface area contributed by atoms with Crippen molar-refractivity contribution in [2.24, 2.45) is 0 Å². The van der Waals surface area contributed by atoms with Crippen LogP contribution in [0, 0.1) is 11.6 Å². The molecule has 0 unspecified atom stereocenters. The van der Waals surface area contributed by atoms with Crippen molar-refractivity contribution < 1.29 is 18.3 Å². The molecule has 0 spiro atoms. The molecule has 104 valence electrons. The van der Waals surface area contributed by atoms with E-state index in [9.17, 15) is 13.6 Å². The summed E-state index contributed by atoms with van der Waals surface area (Å²) in [5, 5.41) is 3.03. The van der Waals surface area contributed by atoms with Crippen molar-refractivity contribution in [3.05, 3.63) is 47.5 Å². The molecular weight excluding hydrogens is 252 g/mol. The number of halogens is 2. The number of rotatable bonds is 7. The number of nitrogens with one attached hydrogen (secondary N) is 1. The zero-order chi connectivity index (χ0) is 14.1. The Morgan fingerprint density at radius 2 is 2.00 bits per heavy atom. The summed E-state index contributed by atoms with van der Waals surface area (Å²) >= 11 is 0. The standard InChI is InChI=1S/C14H17F2NO2/c1-2-19-14(18)4-3-6-17-7-5-11-8-12(15)10-13(16)9-11/h3-4,8-10,17H,2,5-7H2,1H3/b4-3+. The lowest BCUT2D eigenvalue weighted by Gasteiger charge is -2.03. The van der Waals surface area contributed by atoms with Crippen molar-refractivity contribution >= 4 is 5.97 Å². The quantitative estimate of drug-likeness (QED) is 0.468. The second kappa shape index (κ2) is 8.37. The molecule has 0 amide bonds. The summed E-state index contributed by atoms with van der Waals surface area (Å²) in [6.07, 6.45) is 3.50. The maximum absolute atomic E-state index is 12.9. The number of carbonyl (C=O) groups is 1. The van der Waals surface area contributed by atoms with Crippen LogP contribution in [0.4, 0.5) is 8.78 Å². The average molecular weight is 269 g/mol. The highest BCUT2D eigenvalue weighted by Crippen LogP contribution is 2.07. The third kappa shape index (κ3) is 6.67. The van der Waals surface area contributed by atoms with Crippen LogP contribution in [-0.2, 0) is 16.0 Å². The molecule has 0 atom stereocenters. The number of carbonyl (C=O) groups excluding carboxylic acids is 1. The molecule has 1 aromatic carbocycles. The summed E-state index contributed by atoms with van der Waals surface area (Å²) < 4.78 is 30.5. The van der Waals surface area contributed by atoms with E-state index in [1.165, 1.54) is 18.2 Å². The van der Waals surface area contributed by atoms with Crippen LogP contribution < -0.4 is 5.32 Å². The molecule has 1 rings (SSSR count). The first-order valence-corrected chi connectivity index (χ1v) is 6.10. The van der Waals surface area contributed by atoms with Gasteiger partial charge in [0.05, 0.1) is 6.61 Å². The number of benzene rings is 1. The highest BCUT2D eigenvalue weighted by Gasteiger charge is 2.00. The van der Waals surface area contributed by atoms with E-state index in [2.05, 4.69) is 5.32 Å². The van der Waals surface area contributed by atoms with Crippen LogP contribution in [0.15, 0.2) is 30.4 Å². The summed E-state index contributed by atoms with van der Waals surface area (Å²) in [4.78, 5) is 11.0. The third-order valence-electron chi connectivity index (χ3n) is 2.32. The minimum Gasteiger partial charge on any atom is -0.463 e. The third-order valence-corrected chi connectivity index (χ3v) is 2.32. The molecule has 0 aliphatic heterocycles. The van der Waals surface area contributed by atoms with Gasteiger partial charge in [-0.25, -0.2) is 13.6 Å². The van der Waals surface area contributed by atoms with Crippen LogP contribution in [0.25, 0.3) is 0 Å². The Balaban J connectivity index is 2.22. The number of esters is 1. The fourth-order valence-corrected chi connectivity index (χ4v) is 1.52. The van der Waals surface area contributed by atoms with Crippen molar-refractivity contribution in [2.45, 2.75) is 13.3 Å². The lowest BCUT2D eigenvalue weighted by atomic mass is 10.1. The van der Waals surface area contributed by atoms with Crippen molar-refractivity contribution in [2.75, 3.05) is 19.7 Å². The zero-order valence-electron chi connectivity index (χ0n) is 10.8. The topological polar surface area (TPSA) is 38.3 Å². The Morgan fingerprint density at radius 1 is 1.32 bits per heavy atom. The molecule has 0 bridgehead atoms. The van der Waals surface area contributed by atoms with E-state index in [0.717, 1.165) is 6.07 Å². The lowest BCUT2D eigenvalue weighted by Crippen LogP contribution is -2.17. The van der Waals surface area contributed by atoms with E-state index in [1.54, 1.807) is 13.0 Å². The van der Waals surface area contributed by atoms with Crippen LogP contribution in [0.2, 0.25) is 0 Å². The van der Waals surface area contributed by atoms with E-state index in [1.807, 2.05) is 0 Å². The molecule has 0 saturated carbocycles. The van der Waals surface area contributed by atoms with Gasteiger partial charge in [-0.2, -0.15) is 0 Å². The molecule has 1 N–H and O–H groups in total. The normalized spacial score (nSPS) is 10.9. The second-order valence-corrected chi connectivity index (χ2v) is 3.89. The Bertz CT molecular complexity index is 427. The van der Waals surface area contributed by atoms with Crippen LogP contribution in [0.3, 0.4) is 0 Å². The minimum absolute atomic E-state index is 0.349. The second-order valence-electron chi connectivity index (χ2n) is 3.89. The molecule has 0 aliphatic rings. The maximum atomic E-state index is 12.9. The van der Waals surface area contributed by atoms with Gasteiger partial charge in [-0.1, -0.05) is 6.08 Å². The smallest absolute Gasteiger partial charge is 0.330 e. The highest BCUT2D eigenvalue weighted by molar-refractivity contribution is 5.81. The van der Waals surface area contributed by atoms with E-state index in [-0.39, 0.29) is 5.97 Å². The molecule has 19 heavy (non-hydrogen) atoms. The van der Waals surface area contributed by atoms with E-state index in [4.69, 9.17) is 4.74 Å². The predicted molar refractivity (Wildman–Crippen MR) is 68.7 cm³/mol. The van der Waals surface area contributed by atoms with Crippen LogP contribution >= 0.6 is 0 Å². The Kier molecular flexibility index (Phi) is 6.74. The first kappa shape index (κ1) is 15.3. The summed E-state index contributed by atoms with van der Waals surface area (Å²) in [5.41, 5.74) is 0.597. The van der Waals surface area contributed by atoms with Gasteiger partial charge in [-0.15, -0.1) is 0 Å². The maximum Gasteiger partial charge on any atom is 0.330 e. The summed E-state index contributed by atoms with van der Waals surface area (Å²) in [6, 6.07) is 3.46. The van der Waals surface area contributed by atoms with Crippen LogP contribution in [-0.4, -0.2) is 25.7 Å². The molecule has 3 nitrogen and oxygen atoms in total. The van der Waals surface area contributed by atoms with Gasteiger partial charge in [-0.3, -0.25) is 0 Å². The molecule has 0 heterocycles. The van der Waals surface area contributed by atoms with Gasteiger partial charge in [-0.05, 0) is 37.6 Å².